The predicted octanol–water partition coefficient (Wildman–Crippen LogP) is 5.67. The second kappa shape index (κ2) is 8.87. The maximum Gasteiger partial charge on any atom is 0.247 e. The fourth-order valence-electron chi connectivity index (χ4n) is 2.99. The molecule has 4 rings (SSSR count). The predicted molar refractivity (Wildman–Crippen MR) is 121 cm³/mol. The van der Waals surface area contributed by atoms with Crippen molar-refractivity contribution >= 4 is 45.0 Å². The van der Waals surface area contributed by atoms with Crippen LogP contribution in [0.3, 0.4) is 0 Å². The highest BCUT2D eigenvalue weighted by Crippen LogP contribution is 2.43. The van der Waals surface area contributed by atoms with Crippen molar-refractivity contribution in [3.8, 4) is 28.6 Å². The van der Waals surface area contributed by atoms with Gasteiger partial charge in [0.25, 0.3) is 0 Å². The van der Waals surface area contributed by atoms with Crippen molar-refractivity contribution in [3.63, 3.8) is 0 Å². The van der Waals surface area contributed by atoms with Gasteiger partial charge in [-0.05, 0) is 30.7 Å². The third-order valence-corrected chi connectivity index (χ3v) is 6.27. The lowest BCUT2D eigenvalue weighted by molar-refractivity contribution is 0.224. The molecule has 7 nitrogen and oxygen atoms in total. The summed E-state index contributed by atoms with van der Waals surface area (Å²) in [5.74, 6) is 1.47. The number of methoxy groups -OCH3 is 1. The molecule has 3 aromatic rings. The Morgan fingerprint density at radius 2 is 2.13 bits per heavy atom. The van der Waals surface area contributed by atoms with Crippen LogP contribution < -0.4 is 14.8 Å². The summed E-state index contributed by atoms with van der Waals surface area (Å²) in [7, 11) is 1.48. The third kappa shape index (κ3) is 4.14. The molecule has 0 amide bonds. The fraction of sp³-hybridized carbons (Fsp3) is 0.250. The number of anilines is 1. The zero-order valence-corrected chi connectivity index (χ0v) is 19.3. The molecule has 1 atom stereocenters. The Labute approximate surface area is 191 Å². The van der Waals surface area contributed by atoms with Crippen LogP contribution in [-0.4, -0.2) is 33.2 Å². The number of rotatable bonds is 5. The molecule has 0 saturated carbocycles. The third-order valence-electron chi connectivity index (χ3n) is 4.40. The van der Waals surface area contributed by atoms with Crippen LogP contribution in [0, 0.1) is 0 Å². The molecule has 0 aliphatic carbocycles. The van der Waals surface area contributed by atoms with E-state index in [1.54, 1.807) is 6.07 Å². The number of nitrogens with zero attached hydrogens (tertiary/aromatic N) is 3. The molecule has 1 aliphatic rings. The van der Waals surface area contributed by atoms with E-state index in [1.165, 1.54) is 24.9 Å². The van der Waals surface area contributed by atoms with E-state index in [1.807, 2.05) is 18.2 Å². The molecule has 1 aliphatic heterocycles. The van der Waals surface area contributed by atoms with Crippen molar-refractivity contribution in [1.82, 2.24) is 15.2 Å². The molecule has 0 bridgehead atoms. The van der Waals surface area contributed by atoms with Crippen LogP contribution in [0.1, 0.15) is 25.1 Å². The van der Waals surface area contributed by atoms with Gasteiger partial charge < -0.3 is 19.9 Å². The van der Waals surface area contributed by atoms with Gasteiger partial charge in [-0.1, -0.05) is 46.2 Å². The minimum Gasteiger partial charge on any atom is -0.504 e. The van der Waals surface area contributed by atoms with Crippen LogP contribution in [0.4, 0.5) is 5.69 Å². The number of hydrogen-bond donors (Lipinski definition) is 2. The van der Waals surface area contributed by atoms with Crippen LogP contribution >= 0.6 is 39.3 Å². The molecular formula is C20H18BrClN4O3S. The molecule has 2 heterocycles. The lowest BCUT2D eigenvalue weighted by Crippen LogP contribution is -2.17. The number of hydrogen-bond acceptors (Lipinski definition) is 8. The van der Waals surface area contributed by atoms with Gasteiger partial charge in [0, 0.05) is 33.1 Å². The quantitative estimate of drug-likeness (QED) is 0.425. The maximum atomic E-state index is 10.0. The van der Waals surface area contributed by atoms with Gasteiger partial charge in [-0.3, -0.25) is 0 Å². The van der Waals surface area contributed by atoms with E-state index in [-0.39, 0.29) is 5.75 Å². The monoisotopic (exact) mass is 508 g/mol. The Hall–Kier alpha value is -2.23. The zero-order chi connectivity index (χ0) is 21.3. The molecule has 1 unspecified atom stereocenters. The molecule has 156 valence electrons. The average Bonchev–Trinajstić information content (AvgIpc) is 2.88. The van der Waals surface area contributed by atoms with Gasteiger partial charge in [0.05, 0.1) is 12.1 Å². The van der Waals surface area contributed by atoms with Crippen LogP contribution in [0.2, 0.25) is 5.02 Å². The summed E-state index contributed by atoms with van der Waals surface area (Å²) in [5, 5.41) is 22.9. The number of halogens is 2. The highest BCUT2D eigenvalue weighted by molar-refractivity contribution is 9.10. The smallest absolute Gasteiger partial charge is 0.247 e. The molecule has 2 N–H and O–H groups in total. The number of fused-ring (bicyclic) bond motifs is 3. The number of aromatic hydroxyl groups is 1. The molecule has 2 aromatic carbocycles. The van der Waals surface area contributed by atoms with Crippen molar-refractivity contribution < 1.29 is 14.6 Å². The Balaban J connectivity index is 1.84. The highest BCUT2D eigenvalue weighted by atomic mass is 79.9. The van der Waals surface area contributed by atoms with Crippen molar-refractivity contribution in [3.05, 3.63) is 45.4 Å². The van der Waals surface area contributed by atoms with Crippen molar-refractivity contribution in [2.24, 2.45) is 0 Å². The summed E-state index contributed by atoms with van der Waals surface area (Å²) < 4.78 is 12.4. The van der Waals surface area contributed by atoms with E-state index < -0.39 is 6.23 Å². The number of ether oxygens (including phenoxy) is 2. The van der Waals surface area contributed by atoms with Crippen molar-refractivity contribution in [1.29, 1.82) is 0 Å². The number of phenols is 1. The lowest BCUT2D eigenvalue weighted by atomic mass is 10.1. The number of thioether (sulfide) groups is 1. The van der Waals surface area contributed by atoms with Gasteiger partial charge in [0.1, 0.15) is 0 Å². The molecule has 0 fully saturated rings. The van der Waals surface area contributed by atoms with Gasteiger partial charge in [-0.2, -0.15) is 4.98 Å². The normalized spacial score (nSPS) is 14.7. The standard InChI is InChI=1S/C20H18BrClN4O3S/c1-3-6-30-20-24-19-17(25-26-20)12-7-10(21)4-5-14(12)23-18(29-19)11-8-16(28-2)15(27)9-13(11)22/h4-5,7-9,18,23,27H,3,6H2,1-2H3. The van der Waals surface area contributed by atoms with E-state index in [0.29, 0.717) is 33.1 Å². The zero-order valence-electron chi connectivity index (χ0n) is 16.1. The Bertz CT molecular complexity index is 1100. The van der Waals surface area contributed by atoms with E-state index in [9.17, 15) is 5.11 Å². The van der Waals surface area contributed by atoms with Gasteiger partial charge in [0.2, 0.25) is 11.0 Å². The minimum absolute atomic E-state index is 0.0492. The Morgan fingerprint density at radius 1 is 1.30 bits per heavy atom. The number of nitrogens with one attached hydrogen (secondary N) is 1. The number of benzene rings is 2. The maximum absolute atomic E-state index is 10.0. The van der Waals surface area contributed by atoms with E-state index in [2.05, 4.69) is 43.4 Å². The molecule has 10 heteroatoms. The molecular weight excluding hydrogens is 492 g/mol. The van der Waals surface area contributed by atoms with E-state index >= 15 is 0 Å². The molecule has 0 saturated heterocycles. The van der Waals surface area contributed by atoms with Crippen molar-refractivity contribution in [2.45, 2.75) is 24.7 Å². The summed E-state index contributed by atoms with van der Waals surface area (Å²) in [6.45, 7) is 2.09. The largest absolute Gasteiger partial charge is 0.504 e. The average molecular weight is 510 g/mol. The van der Waals surface area contributed by atoms with Gasteiger partial charge in [0.15, 0.2) is 23.4 Å². The van der Waals surface area contributed by atoms with E-state index in [0.717, 1.165) is 27.9 Å². The topological polar surface area (TPSA) is 89.4 Å². The molecule has 0 radical (unpaired) electrons. The first-order valence-corrected chi connectivity index (χ1v) is 11.3. The number of phenolic OH excluding ortho intramolecular Hbond substituents is 1. The van der Waals surface area contributed by atoms with Crippen LogP contribution in [0.15, 0.2) is 40.0 Å². The first-order chi connectivity index (χ1) is 14.5. The summed E-state index contributed by atoms with van der Waals surface area (Å²) in [4.78, 5) is 4.59. The second-order valence-electron chi connectivity index (χ2n) is 6.47. The number of aromatic nitrogens is 3. The van der Waals surface area contributed by atoms with Gasteiger partial charge in [-0.15, -0.1) is 10.2 Å². The second-order valence-corrected chi connectivity index (χ2v) is 8.86. The highest BCUT2D eigenvalue weighted by Gasteiger charge is 2.28. The first kappa shape index (κ1) is 21.0. The molecule has 0 spiro atoms. The minimum atomic E-state index is -0.686. The Kier molecular flexibility index (Phi) is 6.21. The van der Waals surface area contributed by atoms with Crippen molar-refractivity contribution in [2.75, 3.05) is 18.2 Å². The van der Waals surface area contributed by atoms with Crippen LogP contribution in [0.25, 0.3) is 11.3 Å². The van der Waals surface area contributed by atoms with Crippen LogP contribution in [-0.2, 0) is 0 Å². The van der Waals surface area contributed by atoms with Gasteiger partial charge in [-0.25, -0.2) is 0 Å². The van der Waals surface area contributed by atoms with E-state index in [4.69, 9.17) is 21.1 Å². The summed E-state index contributed by atoms with van der Waals surface area (Å²) in [5.41, 5.74) is 2.71. The lowest BCUT2D eigenvalue weighted by Gasteiger charge is -2.21. The van der Waals surface area contributed by atoms with Gasteiger partial charge >= 0.3 is 0 Å². The SMILES string of the molecule is CCCSc1nnc2c(n1)OC(c1cc(OC)c(O)cc1Cl)Nc1ccc(Br)cc1-2. The fourth-order valence-corrected chi connectivity index (χ4v) is 4.24. The molecule has 1 aromatic heterocycles. The molecule has 30 heavy (non-hydrogen) atoms. The Morgan fingerprint density at radius 3 is 2.90 bits per heavy atom. The first-order valence-electron chi connectivity index (χ1n) is 9.17. The summed E-state index contributed by atoms with van der Waals surface area (Å²) in [6.07, 6.45) is 0.309. The van der Waals surface area contributed by atoms with Crippen LogP contribution in [0.5, 0.6) is 17.4 Å². The summed E-state index contributed by atoms with van der Waals surface area (Å²) in [6, 6.07) is 8.83. The summed E-state index contributed by atoms with van der Waals surface area (Å²) >= 11 is 11.5.